The molecule has 1 N–H and O–H groups in total. The number of nitrogens with one attached hydrogen (secondary N) is 1. The van der Waals surface area contributed by atoms with Crippen LogP contribution in [-0.4, -0.2) is 11.5 Å². The number of rotatable bonds is 5. The van der Waals surface area contributed by atoms with Gasteiger partial charge in [-0.1, -0.05) is 13.8 Å². The van der Waals surface area contributed by atoms with E-state index in [0.717, 1.165) is 19.4 Å². The van der Waals surface area contributed by atoms with Gasteiger partial charge in [-0.2, -0.15) is 0 Å². The molecule has 1 rings (SSSR count). The smallest absolute Gasteiger partial charge is 0.0434 e. The van der Waals surface area contributed by atoms with Crippen LogP contribution in [0.25, 0.3) is 0 Å². The zero-order valence-corrected chi connectivity index (χ0v) is 10.4. The predicted molar refractivity (Wildman–Crippen MR) is 68.1 cm³/mol. The van der Waals surface area contributed by atoms with E-state index in [1.54, 1.807) is 0 Å². The molecule has 16 heavy (non-hydrogen) atoms. The maximum Gasteiger partial charge on any atom is 0.0434 e. The van der Waals surface area contributed by atoms with Crippen LogP contribution in [-0.2, 0) is 6.42 Å². The van der Waals surface area contributed by atoms with Crippen LogP contribution < -0.4 is 5.32 Å². The van der Waals surface area contributed by atoms with E-state index in [2.05, 4.69) is 42.1 Å². The Bertz CT molecular complexity index is 374. The Balaban J connectivity index is 2.93. The van der Waals surface area contributed by atoms with Gasteiger partial charge in [-0.25, -0.2) is 0 Å². The number of aryl methyl sites for hydroxylation is 1. The summed E-state index contributed by atoms with van der Waals surface area (Å²) in [5.74, 6) is 6.11. The second kappa shape index (κ2) is 7.03. The molecule has 1 heterocycles. The normalized spacial score (nSPS) is 11.7. The van der Waals surface area contributed by atoms with Crippen molar-refractivity contribution in [2.24, 2.45) is 0 Å². The van der Waals surface area contributed by atoms with Gasteiger partial charge in [0.2, 0.25) is 0 Å². The minimum absolute atomic E-state index is 0.329. The van der Waals surface area contributed by atoms with E-state index in [9.17, 15) is 0 Å². The molecule has 1 atom stereocenters. The van der Waals surface area contributed by atoms with Crippen LogP contribution in [0.1, 0.15) is 44.4 Å². The summed E-state index contributed by atoms with van der Waals surface area (Å²) in [5, 5.41) is 3.48. The van der Waals surface area contributed by atoms with E-state index in [0.29, 0.717) is 6.04 Å². The fraction of sp³-hybridized carbons (Fsp3) is 0.500. The highest BCUT2D eigenvalue weighted by atomic mass is 14.9. The third kappa shape index (κ3) is 3.36. The SMILES string of the molecule is CC#CCC(NCC)c1ccncc1CC. The highest BCUT2D eigenvalue weighted by Crippen LogP contribution is 2.20. The highest BCUT2D eigenvalue weighted by molar-refractivity contribution is 5.28. The molecule has 0 aliphatic heterocycles. The summed E-state index contributed by atoms with van der Waals surface area (Å²) < 4.78 is 0. The van der Waals surface area contributed by atoms with Crippen molar-refractivity contribution in [1.82, 2.24) is 10.3 Å². The lowest BCUT2D eigenvalue weighted by molar-refractivity contribution is 0.560. The summed E-state index contributed by atoms with van der Waals surface area (Å²) in [6.45, 7) is 7.13. The molecule has 0 radical (unpaired) electrons. The monoisotopic (exact) mass is 216 g/mol. The number of pyridine rings is 1. The lowest BCUT2D eigenvalue weighted by atomic mass is 9.98. The van der Waals surface area contributed by atoms with Gasteiger partial charge in [0.1, 0.15) is 0 Å². The van der Waals surface area contributed by atoms with E-state index in [1.807, 2.05) is 19.3 Å². The Labute approximate surface area is 98.5 Å². The van der Waals surface area contributed by atoms with Crippen LogP contribution in [0, 0.1) is 11.8 Å². The van der Waals surface area contributed by atoms with Gasteiger partial charge in [0, 0.05) is 24.9 Å². The van der Waals surface area contributed by atoms with Gasteiger partial charge in [-0.3, -0.25) is 4.98 Å². The van der Waals surface area contributed by atoms with Crippen molar-refractivity contribution >= 4 is 0 Å². The van der Waals surface area contributed by atoms with E-state index >= 15 is 0 Å². The Morgan fingerprint density at radius 2 is 2.25 bits per heavy atom. The first-order valence-electron chi connectivity index (χ1n) is 5.89. The third-order valence-corrected chi connectivity index (χ3v) is 2.63. The van der Waals surface area contributed by atoms with Crippen LogP contribution in [0.15, 0.2) is 18.5 Å². The van der Waals surface area contributed by atoms with Gasteiger partial charge in [0.15, 0.2) is 0 Å². The average molecular weight is 216 g/mol. The summed E-state index contributed by atoms with van der Waals surface area (Å²) in [6, 6.07) is 2.43. The molecule has 1 unspecified atom stereocenters. The number of hydrogen-bond donors (Lipinski definition) is 1. The molecule has 0 saturated carbocycles. The van der Waals surface area contributed by atoms with Crippen LogP contribution in [0.3, 0.4) is 0 Å². The molecule has 2 heteroatoms. The van der Waals surface area contributed by atoms with Crippen molar-refractivity contribution in [3.05, 3.63) is 29.6 Å². The summed E-state index contributed by atoms with van der Waals surface area (Å²) in [7, 11) is 0. The van der Waals surface area contributed by atoms with Crippen molar-refractivity contribution in [3.8, 4) is 11.8 Å². The van der Waals surface area contributed by atoms with Gasteiger partial charge in [0.25, 0.3) is 0 Å². The van der Waals surface area contributed by atoms with Gasteiger partial charge >= 0.3 is 0 Å². The van der Waals surface area contributed by atoms with Crippen LogP contribution >= 0.6 is 0 Å². The standard InChI is InChI=1S/C14H20N2/c1-4-7-8-14(16-6-3)13-9-10-15-11-12(13)5-2/h9-11,14,16H,5-6,8H2,1-3H3. The molecule has 0 saturated heterocycles. The minimum atomic E-state index is 0.329. The highest BCUT2D eigenvalue weighted by Gasteiger charge is 2.12. The third-order valence-electron chi connectivity index (χ3n) is 2.63. The quantitative estimate of drug-likeness (QED) is 0.765. The minimum Gasteiger partial charge on any atom is -0.309 e. The van der Waals surface area contributed by atoms with Crippen molar-refractivity contribution in [2.45, 2.75) is 39.7 Å². The molecule has 1 aromatic rings. The molecule has 0 aromatic carbocycles. The summed E-state index contributed by atoms with van der Waals surface area (Å²) >= 11 is 0. The number of hydrogen-bond acceptors (Lipinski definition) is 2. The number of nitrogens with zero attached hydrogens (tertiary/aromatic N) is 1. The predicted octanol–water partition coefficient (Wildman–Crippen LogP) is 2.71. The second-order valence-corrected chi connectivity index (χ2v) is 3.67. The first kappa shape index (κ1) is 12.7. The largest absolute Gasteiger partial charge is 0.309 e. The lowest BCUT2D eigenvalue weighted by Gasteiger charge is -2.18. The van der Waals surface area contributed by atoms with Crippen molar-refractivity contribution in [1.29, 1.82) is 0 Å². The van der Waals surface area contributed by atoms with E-state index < -0.39 is 0 Å². The van der Waals surface area contributed by atoms with Crippen LogP contribution in [0.4, 0.5) is 0 Å². The molecular weight excluding hydrogens is 196 g/mol. The molecule has 86 valence electrons. The molecule has 0 bridgehead atoms. The van der Waals surface area contributed by atoms with Crippen molar-refractivity contribution in [2.75, 3.05) is 6.54 Å². The first-order chi connectivity index (χ1) is 7.83. The zero-order chi connectivity index (χ0) is 11.8. The van der Waals surface area contributed by atoms with Crippen molar-refractivity contribution < 1.29 is 0 Å². The molecule has 0 aliphatic rings. The van der Waals surface area contributed by atoms with Gasteiger partial charge in [-0.05, 0) is 37.1 Å². The Morgan fingerprint density at radius 1 is 1.44 bits per heavy atom. The van der Waals surface area contributed by atoms with E-state index in [4.69, 9.17) is 0 Å². The fourth-order valence-electron chi connectivity index (χ4n) is 1.82. The molecular formula is C14H20N2. The topological polar surface area (TPSA) is 24.9 Å². The maximum atomic E-state index is 4.18. The van der Waals surface area contributed by atoms with E-state index in [-0.39, 0.29) is 0 Å². The molecule has 0 fully saturated rings. The summed E-state index contributed by atoms with van der Waals surface area (Å²) in [6.07, 6.45) is 5.70. The Hall–Kier alpha value is -1.33. The van der Waals surface area contributed by atoms with Gasteiger partial charge in [-0.15, -0.1) is 11.8 Å². The Kier molecular flexibility index (Phi) is 5.60. The van der Waals surface area contributed by atoms with Gasteiger partial charge in [0.05, 0.1) is 0 Å². The second-order valence-electron chi connectivity index (χ2n) is 3.67. The summed E-state index contributed by atoms with van der Waals surface area (Å²) in [5.41, 5.74) is 2.65. The molecule has 2 nitrogen and oxygen atoms in total. The fourth-order valence-corrected chi connectivity index (χ4v) is 1.82. The van der Waals surface area contributed by atoms with Crippen molar-refractivity contribution in [3.63, 3.8) is 0 Å². The van der Waals surface area contributed by atoms with E-state index in [1.165, 1.54) is 11.1 Å². The molecule has 0 amide bonds. The number of aromatic nitrogens is 1. The van der Waals surface area contributed by atoms with Crippen LogP contribution in [0.5, 0.6) is 0 Å². The first-order valence-corrected chi connectivity index (χ1v) is 5.89. The Morgan fingerprint density at radius 3 is 2.88 bits per heavy atom. The van der Waals surface area contributed by atoms with Crippen LogP contribution in [0.2, 0.25) is 0 Å². The molecule has 1 aromatic heterocycles. The summed E-state index contributed by atoms with van der Waals surface area (Å²) in [4.78, 5) is 4.18. The molecule has 0 aliphatic carbocycles. The zero-order valence-electron chi connectivity index (χ0n) is 10.4. The maximum absolute atomic E-state index is 4.18. The average Bonchev–Trinajstić information content (AvgIpc) is 2.34. The lowest BCUT2D eigenvalue weighted by Crippen LogP contribution is -2.21. The molecule has 0 spiro atoms. The van der Waals surface area contributed by atoms with Gasteiger partial charge < -0.3 is 5.32 Å².